The first-order chi connectivity index (χ1) is 13.3. The predicted octanol–water partition coefficient (Wildman–Crippen LogP) is 2.58. The Labute approximate surface area is 171 Å². The summed E-state index contributed by atoms with van der Waals surface area (Å²) in [6.45, 7) is 4.58. The summed E-state index contributed by atoms with van der Waals surface area (Å²) >= 11 is 6.04. The van der Waals surface area contributed by atoms with Crippen LogP contribution in [0.5, 0.6) is 0 Å². The van der Waals surface area contributed by atoms with E-state index in [-0.39, 0.29) is 36.9 Å². The van der Waals surface area contributed by atoms with Crippen LogP contribution in [0, 0.1) is 11.3 Å². The van der Waals surface area contributed by atoms with E-state index in [0.29, 0.717) is 17.5 Å². The smallest absolute Gasteiger partial charge is 0.237 e. The summed E-state index contributed by atoms with van der Waals surface area (Å²) in [6, 6.07) is 9.75. The van der Waals surface area contributed by atoms with E-state index in [0.717, 1.165) is 24.8 Å². The Morgan fingerprint density at radius 1 is 1.39 bits per heavy atom. The molecule has 6 nitrogen and oxygen atoms in total. The summed E-state index contributed by atoms with van der Waals surface area (Å²) in [4.78, 5) is 26.4. The summed E-state index contributed by atoms with van der Waals surface area (Å²) in [5.74, 6) is 0.203. The molecule has 3 rings (SSSR count). The zero-order valence-electron chi connectivity index (χ0n) is 16.4. The van der Waals surface area contributed by atoms with Gasteiger partial charge in [0.1, 0.15) is 6.04 Å². The van der Waals surface area contributed by atoms with Gasteiger partial charge in [0, 0.05) is 35.5 Å². The highest BCUT2D eigenvalue weighted by Gasteiger charge is 2.40. The molecule has 0 radical (unpaired) electrons. The molecule has 2 N–H and O–H groups in total. The fourth-order valence-corrected chi connectivity index (χ4v) is 4.00. The van der Waals surface area contributed by atoms with Crippen molar-refractivity contribution in [2.45, 2.75) is 63.1 Å². The summed E-state index contributed by atoms with van der Waals surface area (Å²) in [5, 5.41) is 16.1. The Kier molecular flexibility index (Phi) is 6.26. The van der Waals surface area contributed by atoms with Crippen molar-refractivity contribution < 1.29 is 9.59 Å². The molecule has 150 valence electrons. The average Bonchev–Trinajstić information content (AvgIpc) is 3.22. The first kappa shape index (κ1) is 20.6. The first-order valence-corrected chi connectivity index (χ1v) is 10.2. The van der Waals surface area contributed by atoms with E-state index >= 15 is 0 Å². The molecule has 1 saturated heterocycles. The minimum atomic E-state index is -0.512. The molecule has 1 saturated carbocycles. The van der Waals surface area contributed by atoms with Crippen LogP contribution in [0.3, 0.4) is 0 Å². The number of hydrogen-bond acceptors (Lipinski definition) is 4. The lowest BCUT2D eigenvalue weighted by atomic mass is 10.00. The Morgan fingerprint density at radius 3 is 2.89 bits per heavy atom. The molecule has 2 fully saturated rings. The Morgan fingerprint density at radius 2 is 2.18 bits per heavy atom. The van der Waals surface area contributed by atoms with E-state index < -0.39 is 5.54 Å². The van der Waals surface area contributed by atoms with Crippen molar-refractivity contribution in [1.82, 2.24) is 15.5 Å². The van der Waals surface area contributed by atoms with E-state index in [2.05, 4.69) is 16.7 Å². The van der Waals surface area contributed by atoms with Gasteiger partial charge in [-0.25, -0.2) is 0 Å². The maximum Gasteiger partial charge on any atom is 0.237 e. The molecule has 1 aliphatic carbocycles. The number of hydrogen-bond donors (Lipinski definition) is 2. The maximum absolute atomic E-state index is 12.4. The normalized spacial score (nSPS) is 23.9. The highest BCUT2D eigenvalue weighted by Crippen LogP contribution is 2.41. The largest absolute Gasteiger partial charge is 0.353 e. The molecule has 0 bridgehead atoms. The van der Waals surface area contributed by atoms with Crippen LogP contribution < -0.4 is 10.6 Å². The lowest BCUT2D eigenvalue weighted by molar-refractivity contribution is -0.131. The Bertz CT molecular complexity index is 789. The highest BCUT2D eigenvalue weighted by atomic mass is 35.5. The van der Waals surface area contributed by atoms with Crippen molar-refractivity contribution in [3.63, 3.8) is 0 Å². The van der Waals surface area contributed by atoms with Crippen LogP contribution in [0.4, 0.5) is 0 Å². The van der Waals surface area contributed by atoms with E-state index in [1.807, 2.05) is 38.1 Å². The number of rotatable bonds is 7. The van der Waals surface area contributed by atoms with E-state index in [1.54, 1.807) is 4.90 Å². The summed E-state index contributed by atoms with van der Waals surface area (Å²) < 4.78 is 0. The molecule has 0 unspecified atom stereocenters. The van der Waals surface area contributed by atoms with Crippen LogP contribution in [0.2, 0.25) is 5.02 Å². The van der Waals surface area contributed by atoms with Gasteiger partial charge in [-0.1, -0.05) is 23.7 Å². The molecule has 3 atom stereocenters. The zero-order valence-corrected chi connectivity index (χ0v) is 17.1. The number of likely N-dealkylation sites (tertiary alicyclic amines) is 1. The number of carbonyl (C=O) groups is 2. The molecule has 0 spiro atoms. The van der Waals surface area contributed by atoms with Gasteiger partial charge in [-0.3, -0.25) is 9.59 Å². The topological polar surface area (TPSA) is 85.2 Å². The standard InChI is InChI=1S/C21H27ClN4O2/c1-21(2,24-13-20(28)26-8-4-7-16(26)12-23)11-19(27)25-18-10-17(18)14-5-3-6-15(22)9-14/h3,5-6,9,16-18,24H,4,7-8,10-11,13H2,1-2H3,(H,25,27)/t16-,17+,18-/m0/s1. The van der Waals surface area contributed by atoms with E-state index in [9.17, 15) is 9.59 Å². The molecule has 2 amide bonds. The molecule has 1 aliphatic heterocycles. The number of nitriles is 1. The third kappa shape index (κ3) is 5.24. The third-order valence-corrected chi connectivity index (χ3v) is 5.69. The zero-order chi connectivity index (χ0) is 20.3. The van der Waals surface area contributed by atoms with Crippen molar-refractivity contribution >= 4 is 23.4 Å². The van der Waals surface area contributed by atoms with E-state index in [1.165, 1.54) is 0 Å². The molecule has 28 heavy (non-hydrogen) atoms. The fraction of sp³-hybridized carbons (Fsp3) is 0.571. The number of amides is 2. The van der Waals surface area contributed by atoms with Gasteiger partial charge in [0.2, 0.25) is 11.8 Å². The predicted molar refractivity (Wildman–Crippen MR) is 108 cm³/mol. The summed E-state index contributed by atoms with van der Waals surface area (Å²) in [5.41, 5.74) is 0.639. The Hall–Kier alpha value is -2.10. The van der Waals surface area contributed by atoms with Crippen LogP contribution in [-0.4, -0.2) is 47.4 Å². The number of nitrogens with one attached hydrogen (secondary N) is 2. The van der Waals surface area contributed by atoms with Crippen molar-refractivity contribution in [3.05, 3.63) is 34.9 Å². The summed E-state index contributed by atoms with van der Waals surface area (Å²) in [6.07, 6.45) is 2.80. The maximum atomic E-state index is 12.4. The second kappa shape index (κ2) is 8.50. The first-order valence-electron chi connectivity index (χ1n) is 9.78. The van der Waals surface area contributed by atoms with Gasteiger partial charge in [0.25, 0.3) is 0 Å². The van der Waals surface area contributed by atoms with E-state index in [4.69, 9.17) is 16.9 Å². The molecule has 1 aromatic rings. The molecular weight excluding hydrogens is 376 g/mol. The lowest BCUT2D eigenvalue weighted by Gasteiger charge is -2.27. The number of carbonyl (C=O) groups excluding carboxylic acids is 2. The SMILES string of the molecule is CC(C)(CC(=O)N[C@H]1C[C@@H]1c1cccc(Cl)c1)NCC(=O)N1CCC[C@H]1C#N. The Balaban J connectivity index is 1.43. The fourth-order valence-electron chi connectivity index (χ4n) is 3.80. The van der Waals surface area contributed by atoms with Crippen molar-refractivity contribution in [2.75, 3.05) is 13.1 Å². The second-order valence-corrected chi connectivity index (χ2v) is 8.80. The molecule has 0 aromatic heterocycles. The van der Waals surface area contributed by atoms with Crippen molar-refractivity contribution in [1.29, 1.82) is 5.26 Å². The highest BCUT2D eigenvalue weighted by molar-refractivity contribution is 6.30. The van der Waals surface area contributed by atoms with Gasteiger partial charge in [-0.2, -0.15) is 5.26 Å². The number of halogens is 1. The van der Waals surface area contributed by atoms with Crippen LogP contribution in [-0.2, 0) is 9.59 Å². The minimum absolute atomic E-state index is 0.0319. The molecular formula is C21H27ClN4O2. The minimum Gasteiger partial charge on any atom is -0.353 e. The van der Waals surface area contributed by atoms with Gasteiger partial charge in [0.05, 0.1) is 12.6 Å². The van der Waals surface area contributed by atoms with Gasteiger partial charge >= 0.3 is 0 Å². The number of benzene rings is 1. The molecule has 1 heterocycles. The van der Waals surface area contributed by atoms with Gasteiger partial charge in [-0.05, 0) is 50.8 Å². The van der Waals surface area contributed by atoms with Crippen LogP contribution in [0.25, 0.3) is 0 Å². The van der Waals surface area contributed by atoms with Crippen LogP contribution in [0.15, 0.2) is 24.3 Å². The summed E-state index contributed by atoms with van der Waals surface area (Å²) in [7, 11) is 0. The van der Waals surface area contributed by atoms with Crippen LogP contribution in [0.1, 0.15) is 51.0 Å². The second-order valence-electron chi connectivity index (χ2n) is 8.36. The molecule has 7 heteroatoms. The number of nitrogens with zero attached hydrogens (tertiary/aromatic N) is 2. The van der Waals surface area contributed by atoms with Crippen molar-refractivity contribution in [3.8, 4) is 6.07 Å². The van der Waals surface area contributed by atoms with Crippen LogP contribution >= 0.6 is 11.6 Å². The lowest BCUT2D eigenvalue weighted by Crippen LogP contribution is -2.49. The average molecular weight is 403 g/mol. The monoisotopic (exact) mass is 402 g/mol. The quantitative estimate of drug-likeness (QED) is 0.734. The van der Waals surface area contributed by atoms with Gasteiger partial charge in [-0.15, -0.1) is 0 Å². The van der Waals surface area contributed by atoms with Gasteiger partial charge < -0.3 is 15.5 Å². The molecule has 1 aromatic carbocycles. The van der Waals surface area contributed by atoms with Gasteiger partial charge in [0.15, 0.2) is 0 Å². The molecule has 2 aliphatic rings. The third-order valence-electron chi connectivity index (χ3n) is 5.46. The van der Waals surface area contributed by atoms with Crippen molar-refractivity contribution in [2.24, 2.45) is 0 Å².